The molecule has 0 aliphatic rings. The van der Waals surface area contributed by atoms with E-state index in [0.717, 1.165) is 0 Å². The SMILES string of the molecule is COCC(F)(F)C(F)(F)C(F)(F)COCCCO. The zero-order chi connectivity index (χ0) is 14.4. The van der Waals surface area contributed by atoms with Crippen molar-refractivity contribution < 1.29 is 40.9 Å². The van der Waals surface area contributed by atoms with E-state index in [1.54, 1.807) is 0 Å². The van der Waals surface area contributed by atoms with Crippen LogP contribution in [0.3, 0.4) is 0 Å². The standard InChI is InChI=1S/C9H14F6O3/c1-17-5-7(10,11)9(14,15)8(12,13)6-18-4-2-3-16/h16H,2-6H2,1H3. The summed E-state index contributed by atoms with van der Waals surface area (Å²) in [5, 5.41) is 8.30. The fourth-order valence-corrected chi connectivity index (χ4v) is 0.997. The van der Waals surface area contributed by atoms with Gasteiger partial charge in [-0.1, -0.05) is 0 Å². The van der Waals surface area contributed by atoms with Crippen LogP contribution in [-0.4, -0.2) is 56.4 Å². The molecule has 0 aliphatic carbocycles. The minimum atomic E-state index is -5.59. The minimum absolute atomic E-state index is 0.0594. The van der Waals surface area contributed by atoms with Crippen molar-refractivity contribution in [1.29, 1.82) is 0 Å². The molecular formula is C9H14F6O3. The third-order valence-corrected chi connectivity index (χ3v) is 1.97. The van der Waals surface area contributed by atoms with Crippen molar-refractivity contribution in [2.75, 3.05) is 33.5 Å². The van der Waals surface area contributed by atoms with Crippen LogP contribution in [0.5, 0.6) is 0 Å². The first-order valence-corrected chi connectivity index (χ1v) is 4.93. The number of methoxy groups -OCH3 is 1. The van der Waals surface area contributed by atoms with E-state index in [-0.39, 0.29) is 13.0 Å². The summed E-state index contributed by atoms with van der Waals surface area (Å²) >= 11 is 0. The molecule has 0 saturated carbocycles. The van der Waals surface area contributed by atoms with Gasteiger partial charge in [0.05, 0.1) is 0 Å². The average molecular weight is 284 g/mol. The Bertz CT molecular complexity index is 246. The first kappa shape index (κ1) is 17.5. The van der Waals surface area contributed by atoms with Gasteiger partial charge in [0.2, 0.25) is 0 Å². The Morgan fingerprint density at radius 3 is 1.89 bits per heavy atom. The van der Waals surface area contributed by atoms with Gasteiger partial charge in [-0.3, -0.25) is 0 Å². The molecule has 0 atom stereocenters. The van der Waals surface area contributed by atoms with Crippen LogP contribution in [0.2, 0.25) is 0 Å². The van der Waals surface area contributed by atoms with Crippen molar-refractivity contribution in [2.45, 2.75) is 24.2 Å². The Labute approximate surface area is 99.7 Å². The molecule has 0 rings (SSSR count). The van der Waals surface area contributed by atoms with Gasteiger partial charge in [0.25, 0.3) is 0 Å². The van der Waals surface area contributed by atoms with E-state index in [4.69, 9.17) is 5.11 Å². The second-order valence-electron chi connectivity index (χ2n) is 3.55. The highest BCUT2D eigenvalue weighted by Crippen LogP contribution is 2.45. The molecule has 0 aromatic heterocycles. The lowest BCUT2D eigenvalue weighted by Crippen LogP contribution is -2.58. The van der Waals surface area contributed by atoms with Crippen LogP contribution < -0.4 is 0 Å². The summed E-state index contributed by atoms with van der Waals surface area (Å²) in [6, 6.07) is 0. The number of aliphatic hydroxyl groups is 1. The van der Waals surface area contributed by atoms with E-state index in [2.05, 4.69) is 9.47 Å². The van der Waals surface area contributed by atoms with Crippen LogP contribution >= 0.6 is 0 Å². The highest BCUT2D eigenvalue weighted by Gasteiger charge is 2.71. The molecule has 0 unspecified atom stereocenters. The Kier molecular flexibility index (Phi) is 6.38. The second kappa shape index (κ2) is 6.58. The number of aliphatic hydroxyl groups excluding tert-OH is 1. The lowest BCUT2D eigenvalue weighted by atomic mass is 10.1. The van der Waals surface area contributed by atoms with E-state index in [0.29, 0.717) is 7.11 Å². The van der Waals surface area contributed by atoms with E-state index < -0.39 is 37.6 Å². The van der Waals surface area contributed by atoms with Crippen LogP contribution in [-0.2, 0) is 9.47 Å². The highest BCUT2D eigenvalue weighted by atomic mass is 19.3. The maximum Gasteiger partial charge on any atom is 0.376 e. The zero-order valence-electron chi connectivity index (χ0n) is 9.57. The van der Waals surface area contributed by atoms with Gasteiger partial charge in [-0.25, -0.2) is 0 Å². The molecule has 0 heterocycles. The molecule has 0 aliphatic heterocycles. The molecule has 0 amide bonds. The molecule has 0 radical (unpaired) electrons. The van der Waals surface area contributed by atoms with Gasteiger partial charge < -0.3 is 14.6 Å². The fraction of sp³-hybridized carbons (Fsp3) is 1.00. The number of rotatable bonds is 9. The van der Waals surface area contributed by atoms with Gasteiger partial charge in [-0.2, -0.15) is 26.3 Å². The molecular weight excluding hydrogens is 270 g/mol. The summed E-state index contributed by atoms with van der Waals surface area (Å²) in [6.07, 6.45) is -0.0594. The van der Waals surface area contributed by atoms with E-state index in [9.17, 15) is 26.3 Å². The smallest absolute Gasteiger partial charge is 0.376 e. The molecule has 9 heteroatoms. The molecule has 0 aromatic rings. The van der Waals surface area contributed by atoms with Gasteiger partial charge >= 0.3 is 17.8 Å². The van der Waals surface area contributed by atoms with Crippen molar-refractivity contribution in [2.24, 2.45) is 0 Å². The normalized spacial score (nSPS) is 14.0. The van der Waals surface area contributed by atoms with Crippen molar-refractivity contribution in [3.8, 4) is 0 Å². The number of alkyl halides is 6. The Balaban J connectivity index is 4.63. The minimum Gasteiger partial charge on any atom is -0.396 e. The van der Waals surface area contributed by atoms with E-state index in [1.807, 2.05) is 0 Å². The monoisotopic (exact) mass is 284 g/mol. The van der Waals surface area contributed by atoms with Crippen LogP contribution in [0, 0.1) is 0 Å². The summed E-state index contributed by atoms with van der Waals surface area (Å²) < 4.78 is 85.5. The highest BCUT2D eigenvalue weighted by molar-refractivity contribution is 4.96. The molecule has 1 N–H and O–H groups in total. The molecule has 18 heavy (non-hydrogen) atoms. The quantitative estimate of drug-likeness (QED) is 0.519. The summed E-state index contributed by atoms with van der Waals surface area (Å²) in [7, 11) is 0.694. The first-order valence-electron chi connectivity index (χ1n) is 4.93. The number of halogens is 6. The summed E-state index contributed by atoms with van der Waals surface area (Å²) in [5.74, 6) is -15.6. The first-order chi connectivity index (χ1) is 8.12. The predicted molar refractivity (Wildman–Crippen MR) is 49.2 cm³/mol. The third-order valence-electron chi connectivity index (χ3n) is 1.97. The molecule has 110 valence electrons. The number of ether oxygens (including phenoxy) is 2. The number of hydrogen-bond acceptors (Lipinski definition) is 3. The third kappa shape index (κ3) is 3.99. The van der Waals surface area contributed by atoms with Crippen LogP contribution in [0.25, 0.3) is 0 Å². The number of hydrogen-bond donors (Lipinski definition) is 1. The molecule has 0 spiro atoms. The maximum atomic E-state index is 13.0. The Morgan fingerprint density at radius 2 is 1.44 bits per heavy atom. The zero-order valence-corrected chi connectivity index (χ0v) is 9.57. The summed E-state index contributed by atoms with van der Waals surface area (Å²) in [5.41, 5.74) is 0. The van der Waals surface area contributed by atoms with Gasteiger partial charge in [0, 0.05) is 20.3 Å². The van der Waals surface area contributed by atoms with Crippen molar-refractivity contribution in [1.82, 2.24) is 0 Å². The van der Waals surface area contributed by atoms with Gasteiger partial charge in [0.15, 0.2) is 0 Å². The summed E-state index contributed by atoms with van der Waals surface area (Å²) in [6.45, 7) is -4.51. The predicted octanol–water partition coefficient (Wildman–Crippen LogP) is 1.94. The molecule has 0 aromatic carbocycles. The maximum absolute atomic E-state index is 13.0. The molecule has 0 saturated heterocycles. The molecule has 0 fully saturated rings. The Hall–Kier alpha value is -0.540. The topological polar surface area (TPSA) is 38.7 Å². The van der Waals surface area contributed by atoms with Crippen LogP contribution in [0.15, 0.2) is 0 Å². The van der Waals surface area contributed by atoms with Crippen molar-refractivity contribution >= 4 is 0 Å². The van der Waals surface area contributed by atoms with Crippen molar-refractivity contribution in [3.05, 3.63) is 0 Å². The Morgan fingerprint density at radius 1 is 0.944 bits per heavy atom. The van der Waals surface area contributed by atoms with Gasteiger partial charge in [-0.15, -0.1) is 0 Å². The molecule has 3 nitrogen and oxygen atoms in total. The van der Waals surface area contributed by atoms with E-state index in [1.165, 1.54) is 0 Å². The van der Waals surface area contributed by atoms with Crippen LogP contribution in [0.4, 0.5) is 26.3 Å². The summed E-state index contributed by atoms with van der Waals surface area (Å²) in [4.78, 5) is 0. The second-order valence-corrected chi connectivity index (χ2v) is 3.55. The largest absolute Gasteiger partial charge is 0.396 e. The van der Waals surface area contributed by atoms with Crippen molar-refractivity contribution in [3.63, 3.8) is 0 Å². The lowest BCUT2D eigenvalue weighted by molar-refractivity contribution is -0.327. The lowest BCUT2D eigenvalue weighted by Gasteiger charge is -2.32. The van der Waals surface area contributed by atoms with E-state index >= 15 is 0 Å². The van der Waals surface area contributed by atoms with Gasteiger partial charge in [-0.05, 0) is 6.42 Å². The fourth-order valence-electron chi connectivity index (χ4n) is 0.997. The van der Waals surface area contributed by atoms with Crippen LogP contribution in [0.1, 0.15) is 6.42 Å². The molecule has 0 bridgehead atoms. The van der Waals surface area contributed by atoms with Gasteiger partial charge in [0.1, 0.15) is 13.2 Å². The average Bonchev–Trinajstić information content (AvgIpc) is 2.24.